The molecule has 0 saturated heterocycles. The molecule has 0 radical (unpaired) electrons. The molecule has 0 unspecified atom stereocenters. The largest absolute Gasteiger partial charge is 0.490 e. The van der Waals surface area contributed by atoms with E-state index in [4.69, 9.17) is 19.3 Å². The number of carboxylic acid groups (broad SMARTS) is 1. The quantitative estimate of drug-likeness (QED) is 0.536. The Labute approximate surface area is 164 Å². The van der Waals surface area contributed by atoms with Crippen LogP contribution >= 0.6 is 0 Å². The maximum atomic E-state index is 11.1. The lowest BCUT2D eigenvalue weighted by atomic mass is 10.1. The van der Waals surface area contributed by atoms with Gasteiger partial charge in [-0.05, 0) is 36.8 Å². The number of para-hydroxylation sites is 1. The molecule has 0 heterocycles. The molecule has 0 spiro atoms. The second-order valence-electron chi connectivity index (χ2n) is 5.96. The molecule has 28 heavy (non-hydrogen) atoms. The van der Waals surface area contributed by atoms with Crippen LogP contribution in [-0.2, 0) is 0 Å². The van der Waals surface area contributed by atoms with E-state index < -0.39 is 5.97 Å². The molecule has 0 aliphatic carbocycles. The molecule has 5 heteroatoms. The average molecular weight is 378 g/mol. The number of ether oxygens (including phenoxy) is 3. The van der Waals surface area contributed by atoms with Crippen LogP contribution in [0.4, 0.5) is 0 Å². The Kier molecular flexibility index (Phi) is 6.52. The molecule has 0 saturated carbocycles. The van der Waals surface area contributed by atoms with Crippen LogP contribution in [0.25, 0.3) is 11.1 Å². The molecule has 5 nitrogen and oxygen atoms in total. The fraction of sp³-hybridized carbons (Fsp3) is 0.174. The van der Waals surface area contributed by atoms with Crippen LogP contribution in [0.5, 0.6) is 17.2 Å². The topological polar surface area (TPSA) is 65.0 Å². The lowest BCUT2D eigenvalue weighted by Crippen LogP contribution is -2.10. The van der Waals surface area contributed by atoms with E-state index in [0.29, 0.717) is 31.3 Å². The van der Waals surface area contributed by atoms with Crippen LogP contribution < -0.4 is 14.2 Å². The molecule has 0 aromatic heterocycles. The van der Waals surface area contributed by atoms with Gasteiger partial charge in [0.05, 0.1) is 12.2 Å². The van der Waals surface area contributed by atoms with Crippen LogP contribution in [0.15, 0.2) is 72.8 Å². The van der Waals surface area contributed by atoms with Gasteiger partial charge in [-0.15, -0.1) is 0 Å². The van der Waals surface area contributed by atoms with Crippen molar-refractivity contribution in [2.75, 3.05) is 19.8 Å². The third-order valence-corrected chi connectivity index (χ3v) is 4.06. The summed E-state index contributed by atoms with van der Waals surface area (Å²) in [6.45, 7) is 2.90. The van der Waals surface area contributed by atoms with Crippen LogP contribution in [0.1, 0.15) is 17.3 Å². The Hall–Kier alpha value is -3.47. The Balaban J connectivity index is 1.63. The number of hydrogen-bond donors (Lipinski definition) is 1. The van der Waals surface area contributed by atoms with Crippen molar-refractivity contribution in [3.05, 3.63) is 78.4 Å². The number of aromatic carboxylic acids is 1. The molecule has 0 bridgehead atoms. The van der Waals surface area contributed by atoms with Gasteiger partial charge in [0.1, 0.15) is 19.0 Å². The SMILES string of the molecule is CCOc1cc(C(=O)O)ccc1OCCOc1ccccc1-c1ccccc1. The predicted octanol–water partition coefficient (Wildman–Crippen LogP) is 4.91. The van der Waals surface area contributed by atoms with E-state index in [2.05, 4.69) is 0 Å². The van der Waals surface area contributed by atoms with Crippen molar-refractivity contribution >= 4 is 5.97 Å². The summed E-state index contributed by atoms with van der Waals surface area (Å²) < 4.78 is 17.2. The van der Waals surface area contributed by atoms with E-state index >= 15 is 0 Å². The smallest absolute Gasteiger partial charge is 0.335 e. The van der Waals surface area contributed by atoms with Gasteiger partial charge in [-0.2, -0.15) is 0 Å². The Morgan fingerprint density at radius 3 is 2.18 bits per heavy atom. The minimum Gasteiger partial charge on any atom is -0.490 e. The van der Waals surface area contributed by atoms with E-state index in [1.165, 1.54) is 12.1 Å². The normalized spacial score (nSPS) is 10.3. The summed E-state index contributed by atoms with van der Waals surface area (Å²) in [5.74, 6) is 0.677. The zero-order valence-electron chi connectivity index (χ0n) is 15.6. The molecule has 0 aliphatic rings. The van der Waals surface area contributed by atoms with Crippen LogP contribution in [0.2, 0.25) is 0 Å². The second-order valence-corrected chi connectivity index (χ2v) is 5.96. The summed E-state index contributed by atoms with van der Waals surface area (Å²) in [4.78, 5) is 11.1. The third-order valence-electron chi connectivity index (χ3n) is 4.06. The first kappa shape index (κ1) is 19.3. The highest BCUT2D eigenvalue weighted by Gasteiger charge is 2.11. The molecule has 1 N–H and O–H groups in total. The number of benzene rings is 3. The number of hydrogen-bond acceptors (Lipinski definition) is 4. The lowest BCUT2D eigenvalue weighted by molar-refractivity contribution is 0.0696. The van der Waals surface area contributed by atoms with Gasteiger partial charge in [0.2, 0.25) is 0 Å². The monoisotopic (exact) mass is 378 g/mol. The van der Waals surface area contributed by atoms with Gasteiger partial charge >= 0.3 is 5.97 Å². The van der Waals surface area contributed by atoms with Gasteiger partial charge in [-0.1, -0.05) is 48.5 Å². The summed E-state index contributed by atoms with van der Waals surface area (Å²) >= 11 is 0. The van der Waals surface area contributed by atoms with Crippen LogP contribution in [0, 0.1) is 0 Å². The van der Waals surface area contributed by atoms with Gasteiger partial charge in [-0.25, -0.2) is 4.79 Å². The predicted molar refractivity (Wildman–Crippen MR) is 107 cm³/mol. The molecule has 3 aromatic carbocycles. The number of carbonyl (C=O) groups is 1. The molecular weight excluding hydrogens is 356 g/mol. The molecule has 0 aliphatic heterocycles. The van der Waals surface area contributed by atoms with Gasteiger partial charge in [0, 0.05) is 5.56 Å². The molecule has 3 aromatic rings. The highest BCUT2D eigenvalue weighted by Crippen LogP contribution is 2.30. The van der Waals surface area contributed by atoms with E-state index in [-0.39, 0.29) is 5.56 Å². The molecule has 0 fully saturated rings. The zero-order valence-corrected chi connectivity index (χ0v) is 15.6. The highest BCUT2D eigenvalue weighted by molar-refractivity contribution is 5.88. The average Bonchev–Trinajstić information content (AvgIpc) is 2.73. The first-order chi connectivity index (χ1) is 13.7. The minimum absolute atomic E-state index is 0.156. The van der Waals surface area contributed by atoms with Crippen molar-refractivity contribution in [3.8, 4) is 28.4 Å². The Morgan fingerprint density at radius 2 is 1.46 bits per heavy atom. The maximum Gasteiger partial charge on any atom is 0.335 e. The van der Waals surface area contributed by atoms with Gasteiger partial charge in [0.25, 0.3) is 0 Å². The molecule has 0 amide bonds. The molecule has 144 valence electrons. The Morgan fingerprint density at radius 1 is 0.786 bits per heavy atom. The Bertz CT molecular complexity index is 921. The second kappa shape index (κ2) is 9.46. The number of rotatable bonds is 9. The van der Waals surface area contributed by atoms with Crippen molar-refractivity contribution in [2.45, 2.75) is 6.92 Å². The third kappa shape index (κ3) is 4.82. The van der Waals surface area contributed by atoms with E-state index in [9.17, 15) is 4.79 Å². The van der Waals surface area contributed by atoms with Crippen molar-refractivity contribution < 1.29 is 24.1 Å². The molecule has 0 atom stereocenters. The highest BCUT2D eigenvalue weighted by atomic mass is 16.5. The fourth-order valence-electron chi connectivity index (χ4n) is 2.78. The maximum absolute atomic E-state index is 11.1. The summed E-state index contributed by atoms with van der Waals surface area (Å²) in [5.41, 5.74) is 2.26. The summed E-state index contributed by atoms with van der Waals surface area (Å²) in [5, 5.41) is 9.11. The molecule has 3 rings (SSSR count). The van der Waals surface area contributed by atoms with Crippen molar-refractivity contribution in [1.29, 1.82) is 0 Å². The standard InChI is InChI=1S/C23H22O5/c1-2-26-22-16-18(23(24)25)12-13-21(22)28-15-14-27-20-11-7-6-10-19(20)17-8-4-3-5-9-17/h3-13,16H,2,14-15H2,1H3,(H,24,25). The summed E-state index contributed by atoms with van der Waals surface area (Å²) in [6.07, 6.45) is 0. The van der Waals surface area contributed by atoms with Crippen molar-refractivity contribution in [2.24, 2.45) is 0 Å². The summed E-state index contributed by atoms with van der Waals surface area (Å²) in [6, 6.07) is 22.4. The van der Waals surface area contributed by atoms with Gasteiger partial charge < -0.3 is 19.3 Å². The van der Waals surface area contributed by atoms with E-state index in [1.54, 1.807) is 6.07 Å². The number of carboxylic acids is 1. The van der Waals surface area contributed by atoms with Gasteiger partial charge in [-0.3, -0.25) is 0 Å². The van der Waals surface area contributed by atoms with Crippen molar-refractivity contribution in [1.82, 2.24) is 0 Å². The first-order valence-electron chi connectivity index (χ1n) is 9.09. The summed E-state index contributed by atoms with van der Waals surface area (Å²) in [7, 11) is 0. The van der Waals surface area contributed by atoms with Crippen LogP contribution in [-0.4, -0.2) is 30.9 Å². The molecular formula is C23H22O5. The first-order valence-corrected chi connectivity index (χ1v) is 9.09. The lowest BCUT2D eigenvalue weighted by Gasteiger charge is -2.14. The minimum atomic E-state index is -1.01. The van der Waals surface area contributed by atoms with E-state index in [0.717, 1.165) is 16.9 Å². The fourth-order valence-corrected chi connectivity index (χ4v) is 2.78. The van der Waals surface area contributed by atoms with Gasteiger partial charge in [0.15, 0.2) is 11.5 Å². The van der Waals surface area contributed by atoms with E-state index in [1.807, 2.05) is 61.5 Å². The zero-order chi connectivity index (χ0) is 19.8. The van der Waals surface area contributed by atoms with Crippen molar-refractivity contribution in [3.63, 3.8) is 0 Å². The van der Waals surface area contributed by atoms with Crippen LogP contribution in [0.3, 0.4) is 0 Å².